The third kappa shape index (κ3) is 4.39. The summed E-state index contributed by atoms with van der Waals surface area (Å²) in [6.45, 7) is 4.48. The quantitative estimate of drug-likeness (QED) is 0.821. The number of amides is 1. The molecule has 0 radical (unpaired) electrons. The predicted octanol–water partition coefficient (Wildman–Crippen LogP) is 1.46. The molecule has 1 aliphatic rings. The van der Waals surface area contributed by atoms with Crippen LogP contribution in [0.25, 0.3) is 0 Å². The maximum atomic E-state index is 14.2. The van der Waals surface area contributed by atoms with Crippen LogP contribution in [-0.2, 0) is 11.3 Å². The average Bonchev–Trinajstić information content (AvgIpc) is 3.27. The normalized spacial score (nSPS) is 16.1. The molecular weight excluding hydrogens is 323 g/mol. The Morgan fingerprint density at radius 1 is 1.32 bits per heavy atom. The maximum Gasteiger partial charge on any atom is 0.221 e. The molecule has 1 N–H and O–H groups in total. The van der Waals surface area contributed by atoms with E-state index in [1.54, 1.807) is 23.7 Å². The van der Waals surface area contributed by atoms with Crippen LogP contribution < -0.4 is 5.32 Å². The van der Waals surface area contributed by atoms with E-state index in [4.69, 9.17) is 0 Å². The van der Waals surface area contributed by atoms with Gasteiger partial charge in [-0.2, -0.15) is 0 Å². The van der Waals surface area contributed by atoms with Crippen molar-refractivity contribution in [3.05, 3.63) is 41.5 Å². The molecule has 2 aromatic rings. The van der Waals surface area contributed by atoms with Crippen molar-refractivity contribution in [2.45, 2.75) is 38.8 Å². The maximum absolute atomic E-state index is 14.2. The molecule has 1 atom stereocenters. The fourth-order valence-corrected chi connectivity index (χ4v) is 3.20. The van der Waals surface area contributed by atoms with E-state index in [9.17, 15) is 9.18 Å². The van der Waals surface area contributed by atoms with Gasteiger partial charge in [0, 0.05) is 18.5 Å². The van der Waals surface area contributed by atoms with Crippen molar-refractivity contribution >= 4 is 5.91 Å². The van der Waals surface area contributed by atoms with Crippen LogP contribution in [0.15, 0.2) is 24.3 Å². The van der Waals surface area contributed by atoms with E-state index in [0.717, 1.165) is 25.9 Å². The lowest BCUT2D eigenvalue weighted by Crippen LogP contribution is -2.37. The van der Waals surface area contributed by atoms with Gasteiger partial charge in [0.2, 0.25) is 5.91 Å². The van der Waals surface area contributed by atoms with E-state index in [2.05, 4.69) is 25.7 Å². The van der Waals surface area contributed by atoms with E-state index < -0.39 is 0 Å². The van der Waals surface area contributed by atoms with E-state index in [1.165, 1.54) is 6.07 Å². The zero-order valence-electron chi connectivity index (χ0n) is 14.4. The lowest BCUT2D eigenvalue weighted by Gasteiger charge is -2.28. The lowest BCUT2D eigenvalue weighted by atomic mass is 10.0. The Hall–Kier alpha value is -2.35. The molecule has 1 aromatic heterocycles. The Morgan fingerprint density at radius 2 is 2.08 bits per heavy atom. The summed E-state index contributed by atoms with van der Waals surface area (Å²) in [4.78, 5) is 14.4. The number of hydrogen-bond acceptors (Lipinski definition) is 5. The number of benzene rings is 1. The summed E-state index contributed by atoms with van der Waals surface area (Å²) in [5.41, 5.74) is 0.640. The van der Waals surface area contributed by atoms with Gasteiger partial charge < -0.3 is 5.32 Å². The number of hydrogen-bond donors (Lipinski definition) is 1. The van der Waals surface area contributed by atoms with Crippen LogP contribution in [-0.4, -0.2) is 50.6 Å². The van der Waals surface area contributed by atoms with Crippen molar-refractivity contribution in [1.29, 1.82) is 0 Å². The monoisotopic (exact) mass is 346 g/mol. The largest absolute Gasteiger partial charge is 0.354 e. The third-order valence-electron chi connectivity index (χ3n) is 4.60. The number of likely N-dealkylation sites (tertiary alicyclic amines) is 1. The van der Waals surface area contributed by atoms with Crippen molar-refractivity contribution in [2.75, 3.05) is 19.6 Å². The Labute approximate surface area is 146 Å². The van der Waals surface area contributed by atoms with Gasteiger partial charge in [-0.25, -0.2) is 9.07 Å². The van der Waals surface area contributed by atoms with Gasteiger partial charge >= 0.3 is 0 Å². The van der Waals surface area contributed by atoms with E-state index in [0.29, 0.717) is 24.5 Å². The molecular formula is C17H23FN6O. The molecule has 8 heteroatoms. The zero-order valence-corrected chi connectivity index (χ0v) is 14.4. The summed E-state index contributed by atoms with van der Waals surface area (Å²) in [7, 11) is 0. The standard InChI is InChI=1S/C17H23FN6O/c1-13-20-21-22-24(13)11-8-17(25)19-12-16(23-9-4-5-10-23)14-6-2-3-7-15(14)18/h2-3,6-7,16H,4-5,8-12H2,1H3,(H,19,25). The highest BCUT2D eigenvalue weighted by Crippen LogP contribution is 2.26. The molecule has 1 saturated heterocycles. The summed E-state index contributed by atoms with van der Waals surface area (Å²) in [5, 5.41) is 14.1. The SMILES string of the molecule is Cc1nnnn1CCC(=O)NCC(c1ccccc1F)N1CCCC1. The van der Waals surface area contributed by atoms with Crippen molar-refractivity contribution in [3.63, 3.8) is 0 Å². The molecule has 1 aliphatic heterocycles. The summed E-state index contributed by atoms with van der Waals surface area (Å²) in [5.74, 6) is 0.363. The van der Waals surface area contributed by atoms with Gasteiger partial charge in [-0.15, -0.1) is 5.10 Å². The van der Waals surface area contributed by atoms with Gasteiger partial charge in [0.25, 0.3) is 0 Å². The van der Waals surface area contributed by atoms with Crippen LogP contribution in [0.1, 0.15) is 36.7 Å². The third-order valence-corrected chi connectivity index (χ3v) is 4.60. The number of aromatic nitrogens is 4. The van der Waals surface area contributed by atoms with Crippen molar-refractivity contribution in [1.82, 2.24) is 30.4 Å². The van der Waals surface area contributed by atoms with Crippen molar-refractivity contribution < 1.29 is 9.18 Å². The second-order valence-corrected chi connectivity index (χ2v) is 6.28. The minimum atomic E-state index is -0.224. The highest BCUT2D eigenvalue weighted by molar-refractivity contribution is 5.75. The summed E-state index contributed by atoms with van der Waals surface area (Å²) in [6.07, 6.45) is 2.50. The number of tetrazole rings is 1. The van der Waals surface area contributed by atoms with E-state index in [1.807, 2.05) is 6.07 Å². The Bertz CT molecular complexity index is 713. The van der Waals surface area contributed by atoms with Crippen LogP contribution >= 0.6 is 0 Å². The topological polar surface area (TPSA) is 75.9 Å². The Kier molecular flexibility index (Phi) is 5.70. The lowest BCUT2D eigenvalue weighted by molar-refractivity contribution is -0.121. The molecule has 25 heavy (non-hydrogen) atoms. The van der Waals surface area contributed by atoms with Crippen molar-refractivity contribution in [3.8, 4) is 0 Å². The molecule has 0 spiro atoms. The second kappa shape index (κ2) is 8.15. The first-order valence-corrected chi connectivity index (χ1v) is 8.63. The number of carbonyl (C=O) groups excluding carboxylic acids is 1. The predicted molar refractivity (Wildman–Crippen MR) is 90.1 cm³/mol. The van der Waals surface area contributed by atoms with Crippen LogP contribution in [0.4, 0.5) is 4.39 Å². The summed E-state index contributed by atoms with van der Waals surface area (Å²) in [6, 6.07) is 6.66. The number of rotatable bonds is 7. The van der Waals surface area contributed by atoms with Crippen LogP contribution in [0.3, 0.4) is 0 Å². The van der Waals surface area contributed by atoms with Gasteiger partial charge in [0.15, 0.2) is 0 Å². The van der Waals surface area contributed by atoms with Gasteiger partial charge in [0.05, 0.1) is 12.6 Å². The first-order valence-electron chi connectivity index (χ1n) is 8.63. The first-order chi connectivity index (χ1) is 12.1. The molecule has 2 heterocycles. The summed E-state index contributed by atoms with van der Waals surface area (Å²) >= 11 is 0. The molecule has 0 bridgehead atoms. The molecule has 1 aromatic carbocycles. The fraction of sp³-hybridized carbons (Fsp3) is 0.529. The molecule has 7 nitrogen and oxygen atoms in total. The fourth-order valence-electron chi connectivity index (χ4n) is 3.20. The molecule has 1 amide bonds. The van der Waals surface area contributed by atoms with Gasteiger partial charge in [-0.1, -0.05) is 18.2 Å². The van der Waals surface area contributed by atoms with E-state index in [-0.39, 0.29) is 24.2 Å². The highest BCUT2D eigenvalue weighted by Gasteiger charge is 2.25. The number of nitrogens with one attached hydrogen (secondary N) is 1. The molecule has 134 valence electrons. The molecule has 0 aliphatic carbocycles. The van der Waals surface area contributed by atoms with Crippen LogP contribution in [0.5, 0.6) is 0 Å². The van der Waals surface area contributed by atoms with E-state index >= 15 is 0 Å². The van der Waals surface area contributed by atoms with Crippen molar-refractivity contribution in [2.24, 2.45) is 0 Å². The molecule has 3 rings (SSSR count). The minimum Gasteiger partial charge on any atom is -0.354 e. The molecule has 1 fully saturated rings. The first kappa shape index (κ1) is 17.5. The summed E-state index contributed by atoms with van der Waals surface area (Å²) < 4.78 is 15.8. The number of carbonyl (C=O) groups is 1. The zero-order chi connectivity index (χ0) is 17.6. The Morgan fingerprint density at radius 3 is 2.76 bits per heavy atom. The second-order valence-electron chi connectivity index (χ2n) is 6.28. The van der Waals surface area contributed by atoms with Gasteiger partial charge in [-0.3, -0.25) is 9.69 Å². The number of nitrogens with zero attached hydrogens (tertiary/aromatic N) is 5. The number of halogens is 1. The van der Waals surface area contributed by atoms with Crippen LogP contribution in [0, 0.1) is 12.7 Å². The molecule has 0 saturated carbocycles. The average molecular weight is 346 g/mol. The molecule has 1 unspecified atom stereocenters. The number of aryl methyl sites for hydroxylation is 2. The Balaban J connectivity index is 1.59. The van der Waals surface area contributed by atoms with Gasteiger partial charge in [0.1, 0.15) is 11.6 Å². The van der Waals surface area contributed by atoms with Crippen LogP contribution in [0.2, 0.25) is 0 Å². The minimum absolute atomic E-state index is 0.0876. The smallest absolute Gasteiger partial charge is 0.221 e. The highest BCUT2D eigenvalue weighted by atomic mass is 19.1. The van der Waals surface area contributed by atoms with Gasteiger partial charge in [-0.05, 0) is 49.3 Å².